The van der Waals surface area contributed by atoms with Crippen LogP contribution in [0.5, 0.6) is 5.75 Å². The van der Waals surface area contributed by atoms with Gasteiger partial charge in [-0.2, -0.15) is 0 Å². The lowest BCUT2D eigenvalue weighted by molar-refractivity contribution is -0.671. The molecule has 0 aliphatic rings. The molecule has 2 N–H and O–H groups in total. The molecule has 2 heteroatoms. The van der Waals surface area contributed by atoms with Gasteiger partial charge in [0.05, 0.1) is 12.6 Å². The molecule has 26 heavy (non-hydrogen) atoms. The van der Waals surface area contributed by atoms with Gasteiger partial charge in [-0.25, -0.2) is 0 Å². The number of rotatable bonds is 11. The van der Waals surface area contributed by atoms with E-state index in [4.69, 9.17) is 4.74 Å². The maximum Gasteiger partial charge on any atom is 0.119 e. The highest BCUT2D eigenvalue weighted by molar-refractivity contribution is 5.29. The minimum absolute atomic E-state index is 0.227. The van der Waals surface area contributed by atoms with E-state index in [1.54, 1.807) is 0 Å². The summed E-state index contributed by atoms with van der Waals surface area (Å²) in [7, 11) is 0. The SMILES string of the molecule is CC(C)CC[C@@H](CC[NH2+]Cc1ccccc1)c1ccc(OC(C)C)cc1. The standard InChI is InChI=1S/C24H35NO/c1-19(2)10-11-23(16-17-25-18-21-8-6-5-7-9-21)22-12-14-24(15-13-22)26-20(3)4/h5-9,12-15,19-20,23,25H,10-11,16-18H2,1-4H3/p+1/t23-/m0/s1. The second-order valence-electron chi connectivity index (χ2n) is 7.96. The van der Waals surface area contributed by atoms with E-state index in [1.165, 1.54) is 36.9 Å². The van der Waals surface area contributed by atoms with Crippen LogP contribution in [0, 0.1) is 5.92 Å². The molecular formula is C24H36NO+. The van der Waals surface area contributed by atoms with Gasteiger partial charge in [0.2, 0.25) is 0 Å². The minimum atomic E-state index is 0.227. The molecule has 0 heterocycles. The molecule has 2 rings (SSSR count). The first-order valence-corrected chi connectivity index (χ1v) is 10.2. The molecule has 0 aliphatic carbocycles. The highest BCUT2D eigenvalue weighted by atomic mass is 16.5. The summed E-state index contributed by atoms with van der Waals surface area (Å²) >= 11 is 0. The quantitative estimate of drug-likeness (QED) is 0.555. The van der Waals surface area contributed by atoms with Crippen LogP contribution in [0.4, 0.5) is 0 Å². The third-order valence-corrected chi connectivity index (χ3v) is 4.76. The van der Waals surface area contributed by atoms with Crippen LogP contribution in [0.3, 0.4) is 0 Å². The smallest absolute Gasteiger partial charge is 0.119 e. The number of ether oxygens (including phenoxy) is 1. The zero-order chi connectivity index (χ0) is 18.8. The number of nitrogens with two attached hydrogens (primary N) is 1. The van der Waals surface area contributed by atoms with Crippen LogP contribution < -0.4 is 10.1 Å². The van der Waals surface area contributed by atoms with Crippen LogP contribution in [-0.2, 0) is 6.54 Å². The van der Waals surface area contributed by atoms with Crippen molar-refractivity contribution in [1.82, 2.24) is 0 Å². The van der Waals surface area contributed by atoms with Gasteiger partial charge in [-0.1, -0.05) is 62.7 Å². The van der Waals surface area contributed by atoms with E-state index in [2.05, 4.69) is 87.6 Å². The van der Waals surface area contributed by atoms with Crippen molar-refractivity contribution in [1.29, 1.82) is 0 Å². The van der Waals surface area contributed by atoms with Gasteiger partial charge in [0.1, 0.15) is 12.3 Å². The summed E-state index contributed by atoms with van der Waals surface area (Å²) in [6.45, 7) is 11.0. The zero-order valence-corrected chi connectivity index (χ0v) is 16.9. The summed E-state index contributed by atoms with van der Waals surface area (Å²) in [4.78, 5) is 0. The van der Waals surface area contributed by atoms with Crippen LogP contribution in [0.2, 0.25) is 0 Å². The van der Waals surface area contributed by atoms with E-state index in [1.807, 2.05) is 0 Å². The molecule has 0 saturated carbocycles. The van der Waals surface area contributed by atoms with Gasteiger partial charge < -0.3 is 10.1 Å². The molecule has 0 saturated heterocycles. The van der Waals surface area contributed by atoms with Crippen LogP contribution in [0.15, 0.2) is 54.6 Å². The predicted octanol–water partition coefficient (Wildman–Crippen LogP) is 5.15. The second kappa shape index (κ2) is 11.0. The maximum absolute atomic E-state index is 5.79. The van der Waals surface area contributed by atoms with Gasteiger partial charge in [-0.05, 0) is 49.8 Å². The zero-order valence-electron chi connectivity index (χ0n) is 16.9. The predicted molar refractivity (Wildman–Crippen MR) is 111 cm³/mol. The number of hydrogen-bond acceptors (Lipinski definition) is 1. The highest BCUT2D eigenvalue weighted by Crippen LogP contribution is 2.28. The fourth-order valence-corrected chi connectivity index (χ4v) is 3.30. The Kier molecular flexibility index (Phi) is 8.70. The van der Waals surface area contributed by atoms with Gasteiger partial charge >= 0.3 is 0 Å². The number of quaternary nitrogens is 1. The van der Waals surface area contributed by atoms with Crippen LogP contribution in [0.1, 0.15) is 64.0 Å². The third-order valence-electron chi connectivity index (χ3n) is 4.76. The van der Waals surface area contributed by atoms with Gasteiger partial charge in [0.25, 0.3) is 0 Å². The van der Waals surface area contributed by atoms with Crippen LogP contribution >= 0.6 is 0 Å². The lowest BCUT2D eigenvalue weighted by atomic mass is 9.88. The van der Waals surface area contributed by atoms with Crippen LogP contribution in [-0.4, -0.2) is 12.6 Å². The van der Waals surface area contributed by atoms with Crippen molar-refractivity contribution in [2.24, 2.45) is 5.92 Å². The van der Waals surface area contributed by atoms with E-state index in [0.29, 0.717) is 5.92 Å². The van der Waals surface area contributed by atoms with Gasteiger partial charge in [-0.15, -0.1) is 0 Å². The Hall–Kier alpha value is -1.80. The fraction of sp³-hybridized carbons (Fsp3) is 0.500. The van der Waals surface area contributed by atoms with E-state index in [0.717, 1.165) is 18.2 Å². The second-order valence-corrected chi connectivity index (χ2v) is 7.96. The molecule has 2 aromatic carbocycles. The van der Waals surface area contributed by atoms with E-state index in [9.17, 15) is 0 Å². The number of benzene rings is 2. The van der Waals surface area contributed by atoms with Gasteiger partial charge in [0, 0.05) is 12.0 Å². The topological polar surface area (TPSA) is 25.8 Å². The van der Waals surface area contributed by atoms with Crippen molar-refractivity contribution in [2.45, 2.75) is 65.5 Å². The molecule has 0 spiro atoms. The normalized spacial score (nSPS) is 12.5. The molecule has 2 nitrogen and oxygen atoms in total. The Morgan fingerprint density at radius 2 is 1.50 bits per heavy atom. The molecule has 1 atom stereocenters. The number of hydrogen-bond donors (Lipinski definition) is 1. The van der Waals surface area contributed by atoms with Crippen molar-refractivity contribution in [3.63, 3.8) is 0 Å². The maximum atomic E-state index is 5.79. The van der Waals surface area contributed by atoms with E-state index < -0.39 is 0 Å². The molecule has 0 aromatic heterocycles. The summed E-state index contributed by atoms with van der Waals surface area (Å²) in [6, 6.07) is 19.5. The average molecular weight is 355 g/mol. The van der Waals surface area contributed by atoms with Gasteiger partial charge in [0.15, 0.2) is 0 Å². The molecule has 0 radical (unpaired) electrons. The van der Waals surface area contributed by atoms with Crippen molar-refractivity contribution in [3.8, 4) is 5.75 Å². The lowest BCUT2D eigenvalue weighted by Crippen LogP contribution is -2.82. The van der Waals surface area contributed by atoms with Crippen molar-refractivity contribution < 1.29 is 10.1 Å². The first kappa shape index (κ1) is 20.5. The highest BCUT2D eigenvalue weighted by Gasteiger charge is 2.14. The molecule has 0 aliphatic heterocycles. The van der Waals surface area contributed by atoms with Crippen molar-refractivity contribution in [3.05, 3.63) is 65.7 Å². The Balaban J connectivity index is 1.89. The Bertz CT molecular complexity index is 604. The van der Waals surface area contributed by atoms with E-state index >= 15 is 0 Å². The molecule has 0 bridgehead atoms. The van der Waals surface area contributed by atoms with Crippen molar-refractivity contribution in [2.75, 3.05) is 6.54 Å². The summed E-state index contributed by atoms with van der Waals surface area (Å²) < 4.78 is 5.79. The van der Waals surface area contributed by atoms with Gasteiger partial charge in [-0.3, -0.25) is 0 Å². The molecular weight excluding hydrogens is 318 g/mol. The first-order valence-electron chi connectivity index (χ1n) is 10.2. The monoisotopic (exact) mass is 354 g/mol. The minimum Gasteiger partial charge on any atom is -0.491 e. The molecule has 0 amide bonds. The molecule has 0 unspecified atom stereocenters. The Morgan fingerprint density at radius 1 is 0.808 bits per heavy atom. The first-order chi connectivity index (χ1) is 12.5. The summed E-state index contributed by atoms with van der Waals surface area (Å²) in [5.41, 5.74) is 2.86. The van der Waals surface area contributed by atoms with Crippen LogP contribution in [0.25, 0.3) is 0 Å². The third kappa shape index (κ3) is 7.61. The molecule has 2 aromatic rings. The van der Waals surface area contributed by atoms with Crippen molar-refractivity contribution >= 4 is 0 Å². The Labute approximate surface area is 160 Å². The largest absolute Gasteiger partial charge is 0.491 e. The summed E-state index contributed by atoms with van der Waals surface area (Å²) in [5.74, 6) is 2.37. The average Bonchev–Trinajstić information content (AvgIpc) is 2.62. The fourth-order valence-electron chi connectivity index (χ4n) is 3.30. The van der Waals surface area contributed by atoms with E-state index in [-0.39, 0.29) is 6.10 Å². The lowest BCUT2D eigenvalue weighted by Gasteiger charge is -2.19. The summed E-state index contributed by atoms with van der Waals surface area (Å²) in [5, 5.41) is 2.44. The Morgan fingerprint density at radius 3 is 2.12 bits per heavy atom. The summed E-state index contributed by atoms with van der Waals surface area (Å²) in [6.07, 6.45) is 4.00. The molecule has 0 fully saturated rings. The molecule has 142 valence electrons.